The Labute approximate surface area is 98.1 Å². The Morgan fingerprint density at radius 1 is 1.33 bits per heavy atom. The van der Waals surface area contributed by atoms with Gasteiger partial charge in [0.15, 0.2) is 9.84 Å². The molecule has 1 aliphatic carbocycles. The maximum atomic E-state index is 12.0. The molecule has 0 aromatic heterocycles. The number of aryl methyl sites for hydroxylation is 1. The van der Waals surface area contributed by atoms with Crippen LogP contribution in [0.25, 0.3) is 0 Å². The van der Waals surface area contributed by atoms with Crippen LogP contribution in [-0.4, -0.2) is 13.7 Å². The van der Waals surface area contributed by atoms with Crippen molar-refractivity contribution >= 4 is 25.8 Å². The molecule has 2 nitrogen and oxygen atoms in total. The molecule has 2 rings (SSSR count). The van der Waals surface area contributed by atoms with E-state index in [2.05, 4.69) is 15.9 Å². The number of halogens is 1. The Morgan fingerprint density at radius 2 is 1.93 bits per heavy atom. The number of sulfone groups is 1. The van der Waals surface area contributed by atoms with Gasteiger partial charge >= 0.3 is 0 Å². The van der Waals surface area contributed by atoms with Crippen molar-refractivity contribution in [3.05, 3.63) is 40.4 Å². The Hall–Kier alpha value is -0.610. The van der Waals surface area contributed by atoms with Crippen molar-refractivity contribution in [1.82, 2.24) is 0 Å². The third kappa shape index (κ3) is 2.01. The summed E-state index contributed by atoms with van der Waals surface area (Å²) in [4.78, 5) is 2.13. The highest BCUT2D eigenvalue weighted by atomic mass is 79.9. The first-order chi connectivity index (χ1) is 7.05. The first-order valence-electron chi connectivity index (χ1n) is 4.65. The lowest BCUT2D eigenvalue weighted by Crippen LogP contribution is -2.07. The predicted octanol–water partition coefficient (Wildman–Crippen LogP) is 2.82. The minimum atomic E-state index is -3.14. The van der Waals surface area contributed by atoms with E-state index in [1.165, 1.54) is 0 Å². The lowest BCUT2D eigenvalue weighted by molar-refractivity contribution is 0.595. The first-order valence-corrected chi connectivity index (χ1v) is 7.11. The third-order valence-corrected chi connectivity index (χ3v) is 5.27. The van der Waals surface area contributed by atoms with Gasteiger partial charge in [-0.15, -0.1) is 0 Å². The average molecular weight is 287 g/mol. The maximum Gasteiger partial charge on any atom is 0.185 e. The molecule has 0 aliphatic heterocycles. The van der Waals surface area contributed by atoms with E-state index in [1.807, 2.05) is 19.1 Å². The highest BCUT2D eigenvalue weighted by molar-refractivity contribution is 9.11. The van der Waals surface area contributed by atoms with Gasteiger partial charge in [0.2, 0.25) is 0 Å². The lowest BCUT2D eigenvalue weighted by atomic mass is 10.2. The third-order valence-electron chi connectivity index (χ3n) is 2.54. The Kier molecular flexibility index (Phi) is 2.73. The normalized spacial score (nSPS) is 23.1. The summed E-state index contributed by atoms with van der Waals surface area (Å²) in [6, 6.07) is 7.00. The second-order valence-electron chi connectivity index (χ2n) is 3.73. The van der Waals surface area contributed by atoms with Crippen molar-refractivity contribution in [2.45, 2.75) is 23.5 Å². The predicted molar refractivity (Wildman–Crippen MR) is 63.8 cm³/mol. The molecular formula is C11H11BrO2S. The zero-order chi connectivity index (χ0) is 11.1. The smallest absolute Gasteiger partial charge is 0.185 e. The molecule has 0 bridgehead atoms. The molecule has 1 fully saturated rings. The molecule has 1 atom stereocenters. The SMILES string of the molecule is Cc1ccc(S(=O)(=O)[C@H]2C/C2=C\Br)cc1. The fourth-order valence-corrected chi connectivity index (χ4v) is 3.87. The number of benzene rings is 1. The van der Waals surface area contributed by atoms with Gasteiger partial charge in [-0.25, -0.2) is 8.42 Å². The summed E-state index contributed by atoms with van der Waals surface area (Å²) >= 11 is 3.17. The van der Waals surface area contributed by atoms with Crippen LogP contribution in [0, 0.1) is 6.92 Å². The van der Waals surface area contributed by atoms with Crippen LogP contribution in [0.1, 0.15) is 12.0 Å². The number of rotatable bonds is 2. The fourth-order valence-electron chi connectivity index (χ4n) is 1.47. The topological polar surface area (TPSA) is 34.1 Å². The minimum Gasteiger partial charge on any atom is -0.223 e. The molecule has 4 heteroatoms. The van der Waals surface area contributed by atoms with E-state index >= 15 is 0 Å². The van der Waals surface area contributed by atoms with E-state index in [-0.39, 0.29) is 5.25 Å². The highest BCUT2D eigenvalue weighted by Crippen LogP contribution is 2.40. The van der Waals surface area contributed by atoms with E-state index in [0.717, 1.165) is 11.1 Å². The summed E-state index contributed by atoms with van der Waals surface area (Å²) in [5, 5.41) is -0.306. The quantitative estimate of drug-likeness (QED) is 0.838. The highest BCUT2D eigenvalue weighted by Gasteiger charge is 2.42. The van der Waals surface area contributed by atoms with Gasteiger partial charge in [-0.05, 0) is 36.0 Å². The van der Waals surface area contributed by atoms with E-state index < -0.39 is 9.84 Å². The summed E-state index contributed by atoms with van der Waals surface area (Å²) in [5.41, 5.74) is 2.02. The Balaban J connectivity index is 2.35. The second kappa shape index (κ2) is 3.76. The van der Waals surface area contributed by atoms with Gasteiger partial charge in [0.1, 0.15) is 0 Å². The number of hydrogen-bond acceptors (Lipinski definition) is 2. The standard InChI is InChI=1S/C11H11BrO2S/c1-8-2-4-10(5-3-8)15(13,14)11-6-9(11)7-12/h2-5,7,11H,6H2,1H3/b9-7+/t11-/m0/s1. The minimum absolute atomic E-state index is 0.306. The summed E-state index contributed by atoms with van der Waals surface area (Å²) in [6.45, 7) is 1.94. The van der Waals surface area contributed by atoms with Gasteiger partial charge in [0.25, 0.3) is 0 Å². The van der Waals surface area contributed by atoms with Gasteiger partial charge in [-0.1, -0.05) is 33.6 Å². The van der Waals surface area contributed by atoms with Crippen molar-refractivity contribution < 1.29 is 8.42 Å². The van der Waals surface area contributed by atoms with Crippen LogP contribution in [0.3, 0.4) is 0 Å². The summed E-state index contributed by atoms with van der Waals surface area (Å²) in [6.07, 6.45) is 0.654. The molecule has 0 amide bonds. The molecular weight excluding hydrogens is 276 g/mol. The van der Waals surface area contributed by atoms with Gasteiger partial charge in [-0.2, -0.15) is 0 Å². The van der Waals surface area contributed by atoms with Gasteiger partial charge in [0, 0.05) is 0 Å². The molecule has 1 aromatic carbocycles. The van der Waals surface area contributed by atoms with Crippen LogP contribution in [0.5, 0.6) is 0 Å². The van der Waals surface area contributed by atoms with Crippen molar-refractivity contribution in [3.8, 4) is 0 Å². The zero-order valence-corrected chi connectivity index (χ0v) is 10.7. The van der Waals surface area contributed by atoms with Crippen LogP contribution in [-0.2, 0) is 9.84 Å². The second-order valence-corrected chi connectivity index (χ2v) is 6.32. The summed E-state index contributed by atoms with van der Waals surface area (Å²) < 4.78 is 24.0. The van der Waals surface area contributed by atoms with Crippen LogP contribution >= 0.6 is 15.9 Å². The summed E-state index contributed by atoms with van der Waals surface area (Å²) in [5.74, 6) is 0. The zero-order valence-electron chi connectivity index (χ0n) is 8.27. The molecule has 1 aromatic rings. The molecule has 15 heavy (non-hydrogen) atoms. The van der Waals surface area contributed by atoms with Crippen molar-refractivity contribution in [2.75, 3.05) is 0 Å². The molecule has 0 N–H and O–H groups in total. The molecule has 0 unspecified atom stereocenters. The van der Waals surface area contributed by atoms with Gasteiger partial charge < -0.3 is 0 Å². The van der Waals surface area contributed by atoms with Crippen LogP contribution < -0.4 is 0 Å². The van der Waals surface area contributed by atoms with Crippen LogP contribution in [0.4, 0.5) is 0 Å². The Morgan fingerprint density at radius 3 is 2.40 bits per heavy atom. The lowest BCUT2D eigenvalue weighted by Gasteiger charge is -2.01. The molecule has 0 saturated heterocycles. The van der Waals surface area contributed by atoms with Crippen molar-refractivity contribution in [3.63, 3.8) is 0 Å². The van der Waals surface area contributed by atoms with Crippen LogP contribution in [0.15, 0.2) is 39.7 Å². The van der Waals surface area contributed by atoms with E-state index in [9.17, 15) is 8.42 Å². The largest absolute Gasteiger partial charge is 0.223 e. The molecule has 1 aliphatic rings. The first kappa shape index (κ1) is 10.9. The van der Waals surface area contributed by atoms with Crippen molar-refractivity contribution in [2.24, 2.45) is 0 Å². The van der Waals surface area contributed by atoms with Gasteiger partial charge in [-0.3, -0.25) is 0 Å². The van der Waals surface area contributed by atoms with E-state index in [0.29, 0.717) is 11.3 Å². The molecule has 0 heterocycles. The van der Waals surface area contributed by atoms with Crippen molar-refractivity contribution in [1.29, 1.82) is 0 Å². The molecule has 80 valence electrons. The Bertz CT molecular complexity index is 500. The van der Waals surface area contributed by atoms with Crippen LogP contribution in [0.2, 0.25) is 0 Å². The average Bonchev–Trinajstić information content (AvgIpc) is 2.98. The van der Waals surface area contributed by atoms with E-state index in [1.54, 1.807) is 17.1 Å². The summed E-state index contributed by atoms with van der Waals surface area (Å²) in [7, 11) is -3.14. The molecule has 0 spiro atoms. The number of hydrogen-bond donors (Lipinski definition) is 0. The fraction of sp³-hybridized carbons (Fsp3) is 0.273. The monoisotopic (exact) mass is 286 g/mol. The molecule has 1 saturated carbocycles. The van der Waals surface area contributed by atoms with Gasteiger partial charge in [0.05, 0.1) is 10.1 Å². The van der Waals surface area contributed by atoms with E-state index in [4.69, 9.17) is 0 Å². The maximum absolute atomic E-state index is 12.0. The molecule has 0 radical (unpaired) electrons.